The second-order valence-electron chi connectivity index (χ2n) is 5.24. The van der Waals surface area contributed by atoms with Crippen LogP contribution in [0.15, 0.2) is 18.2 Å². The molecule has 0 radical (unpaired) electrons. The van der Waals surface area contributed by atoms with Crippen molar-refractivity contribution in [3.63, 3.8) is 0 Å². The molecule has 20 heavy (non-hydrogen) atoms. The summed E-state index contributed by atoms with van der Waals surface area (Å²) in [7, 11) is 1.64. The molecule has 0 saturated carbocycles. The van der Waals surface area contributed by atoms with Gasteiger partial charge >= 0.3 is 0 Å². The van der Waals surface area contributed by atoms with E-state index < -0.39 is 6.10 Å². The highest BCUT2D eigenvalue weighted by atomic mass is 35.5. The number of ether oxygens (including phenoxy) is 2. The Hall–Kier alpha value is -0.520. The van der Waals surface area contributed by atoms with Crippen LogP contribution in [-0.4, -0.2) is 43.6 Å². The molecular formula is C14H21Cl2NO3. The standard InChI is InChI=1S/C14H21Cl2NO3/c1-14(2,9-19-3)17-7-11(18)8-20-13-6-10(15)4-5-12(13)16/h4-6,11,17-18H,7-9H2,1-3H3. The Morgan fingerprint density at radius 3 is 2.70 bits per heavy atom. The van der Waals surface area contributed by atoms with E-state index >= 15 is 0 Å². The fraction of sp³-hybridized carbons (Fsp3) is 0.571. The number of aliphatic hydroxyl groups is 1. The summed E-state index contributed by atoms with van der Waals surface area (Å²) in [5.74, 6) is 0.467. The van der Waals surface area contributed by atoms with Crippen LogP contribution in [0.1, 0.15) is 13.8 Å². The second-order valence-corrected chi connectivity index (χ2v) is 6.08. The lowest BCUT2D eigenvalue weighted by atomic mass is 10.1. The van der Waals surface area contributed by atoms with Gasteiger partial charge in [0.1, 0.15) is 18.5 Å². The van der Waals surface area contributed by atoms with E-state index in [2.05, 4.69) is 5.32 Å². The molecule has 114 valence electrons. The van der Waals surface area contributed by atoms with Gasteiger partial charge in [-0.3, -0.25) is 0 Å². The number of β-amino-alcohol motifs (C(OH)–C–C–N with tert-alkyl or cyclic N) is 1. The van der Waals surface area contributed by atoms with Gasteiger partial charge in [-0.2, -0.15) is 0 Å². The van der Waals surface area contributed by atoms with Crippen LogP contribution in [0.5, 0.6) is 5.75 Å². The van der Waals surface area contributed by atoms with Crippen molar-refractivity contribution in [2.75, 3.05) is 26.9 Å². The molecule has 0 fully saturated rings. The van der Waals surface area contributed by atoms with Crippen molar-refractivity contribution in [3.05, 3.63) is 28.2 Å². The van der Waals surface area contributed by atoms with E-state index in [0.717, 1.165) is 0 Å². The number of halogens is 2. The van der Waals surface area contributed by atoms with Gasteiger partial charge in [0, 0.05) is 30.3 Å². The van der Waals surface area contributed by atoms with Gasteiger partial charge < -0.3 is 19.9 Å². The van der Waals surface area contributed by atoms with Crippen molar-refractivity contribution in [3.8, 4) is 5.75 Å². The van der Waals surface area contributed by atoms with Gasteiger partial charge in [-0.25, -0.2) is 0 Å². The highest BCUT2D eigenvalue weighted by molar-refractivity contribution is 6.34. The molecule has 1 rings (SSSR count). The highest BCUT2D eigenvalue weighted by Crippen LogP contribution is 2.27. The monoisotopic (exact) mass is 321 g/mol. The number of hydrogen-bond acceptors (Lipinski definition) is 4. The molecule has 0 aliphatic heterocycles. The zero-order valence-electron chi connectivity index (χ0n) is 12.0. The molecule has 4 nitrogen and oxygen atoms in total. The molecule has 2 N–H and O–H groups in total. The van der Waals surface area contributed by atoms with Gasteiger partial charge in [0.05, 0.1) is 11.6 Å². The number of nitrogens with one attached hydrogen (secondary N) is 1. The topological polar surface area (TPSA) is 50.7 Å². The van der Waals surface area contributed by atoms with Crippen LogP contribution < -0.4 is 10.1 Å². The van der Waals surface area contributed by atoms with E-state index in [9.17, 15) is 5.11 Å². The van der Waals surface area contributed by atoms with Gasteiger partial charge in [-0.05, 0) is 26.0 Å². The van der Waals surface area contributed by atoms with Gasteiger partial charge in [-0.15, -0.1) is 0 Å². The van der Waals surface area contributed by atoms with Gasteiger partial charge in [0.25, 0.3) is 0 Å². The summed E-state index contributed by atoms with van der Waals surface area (Å²) in [6.45, 7) is 5.08. The van der Waals surface area contributed by atoms with E-state index in [1.807, 2.05) is 13.8 Å². The molecule has 1 aromatic carbocycles. The lowest BCUT2D eigenvalue weighted by Crippen LogP contribution is -2.47. The molecule has 0 aromatic heterocycles. The first-order valence-corrected chi connectivity index (χ1v) is 7.09. The summed E-state index contributed by atoms with van der Waals surface area (Å²) in [6.07, 6.45) is -0.652. The minimum Gasteiger partial charge on any atom is -0.489 e. The third kappa shape index (κ3) is 6.29. The molecule has 6 heteroatoms. The molecule has 0 amide bonds. The summed E-state index contributed by atoms with van der Waals surface area (Å²) < 4.78 is 10.6. The molecule has 0 aliphatic carbocycles. The van der Waals surface area contributed by atoms with Gasteiger partial charge in [0.15, 0.2) is 0 Å². The van der Waals surface area contributed by atoms with Crippen molar-refractivity contribution < 1.29 is 14.6 Å². The van der Waals surface area contributed by atoms with E-state index in [4.69, 9.17) is 32.7 Å². The fourth-order valence-corrected chi connectivity index (χ4v) is 1.97. The lowest BCUT2D eigenvalue weighted by molar-refractivity contribution is 0.0814. The summed E-state index contributed by atoms with van der Waals surface area (Å²) in [4.78, 5) is 0. The molecule has 0 bridgehead atoms. The Bertz CT molecular complexity index is 427. The van der Waals surface area contributed by atoms with Crippen LogP contribution in [0.2, 0.25) is 10.0 Å². The average Bonchev–Trinajstić information content (AvgIpc) is 2.37. The first-order valence-electron chi connectivity index (χ1n) is 6.34. The molecule has 1 unspecified atom stereocenters. The van der Waals surface area contributed by atoms with E-state index in [-0.39, 0.29) is 12.1 Å². The van der Waals surface area contributed by atoms with Crippen LogP contribution in [0, 0.1) is 0 Å². The maximum absolute atomic E-state index is 9.90. The maximum atomic E-state index is 9.90. The zero-order chi connectivity index (χ0) is 15.2. The third-order valence-corrected chi connectivity index (χ3v) is 3.19. The molecule has 0 heterocycles. The zero-order valence-corrected chi connectivity index (χ0v) is 13.5. The van der Waals surface area contributed by atoms with Crippen LogP contribution in [0.25, 0.3) is 0 Å². The van der Waals surface area contributed by atoms with Crippen molar-refractivity contribution >= 4 is 23.2 Å². The minimum absolute atomic E-state index is 0.135. The molecule has 1 aromatic rings. The average molecular weight is 322 g/mol. The second kappa shape index (κ2) is 8.05. The minimum atomic E-state index is -0.652. The summed E-state index contributed by atoms with van der Waals surface area (Å²) >= 11 is 11.8. The predicted molar refractivity (Wildman–Crippen MR) is 81.9 cm³/mol. The van der Waals surface area contributed by atoms with Crippen LogP contribution in [0.4, 0.5) is 0 Å². The number of aliphatic hydroxyl groups excluding tert-OH is 1. The highest BCUT2D eigenvalue weighted by Gasteiger charge is 2.18. The molecule has 1 atom stereocenters. The predicted octanol–water partition coefficient (Wildman–Crippen LogP) is 2.75. The Morgan fingerprint density at radius 1 is 1.35 bits per heavy atom. The molecule has 0 aliphatic rings. The molecule has 0 spiro atoms. The number of hydrogen-bond donors (Lipinski definition) is 2. The third-order valence-electron chi connectivity index (χ3n) is 2.65. The summed E-state index contributed by atoms with van der Waals surface area (Å²) in [5, 5.41) is 14.1. The smallest absolute Gasteiger partial charge is 0.139 e. The summed E-state index contributed by atoms with van der Waals surface area (Å²) in [5.41, 5.74) is -0.205. The van der Waals surface area contributed by atoms with E-state index in [1.165, 1.54) is 0 Å². The van der Waals surface area contributed by atoms with Gasteiger partial charge in [0.2, 0.25) is 0 Å². The van der Waals surface area contributed by atoms with Crippen LogP contribution >= 0.6 is 23.2 Å². The number of rotatable bonds is 8. The van der Waals surface area contributed by atoms with Crippen molar-refractivity contribution in [1.82, 2.24) is 5.32 Å². The molecule has 0 saturated heterocycles. The van der Waals surface area contributed by atoms with Crippen LogP contribution in [-0.2, 0) is 4.74 Å². The van der Waals surface area contributed by atoms with Crippen molar-refractivity contribution in [2.45, 2.75) is 25.5 Å². The fourth-order valence-electron chi connectivity index (χ4n) is 1.64. The Morgan fingerprint density at radius 2 is 2.05 bits per heavy atom. The van der Waals surface area contributed by atoms with Crippen molar-refractivity contribution in [2.24, 2.45) is 0 Å². The SMILES string of the molecule is COCC(C)(C)NCC(O)COc1cc(Cl)ccc1Cl. The number of benzene rings is 1. The first-order chi connectivity index (χ1) is 9.34. The van der Waals surface area contributed by atoms with E-state index in [0.29, 0.717) is 28.9 Å². The van der Waals surface area contributed by atoms with Gasteiger partial charge in [-0.1, -0.05) is 23.2 Å². The van der Waals surface area contributed by atoms with E-state index in [1.54, 1.807) is 25.3 Å². The quantitative estimate of drug-likeness (QED) is 0.773. The molecular weight excluding hydrogens is 301 g/mol. The largest absolute Gasteiger partial charge is 0.489 e. The summed E-state index contributed by atoms with van der Waals surface area (Å²) in [6, 6.07) is 4.96. The Labute approximate surface area is 130 Å². The Balaban J connectivity index is 2.40. The van der Waals surface area contributed by atoms with Crippen LogP contribution in [0.3, 0.4) is 0 Å². The number of methoxy groups -OCH3 is 1. The lowest BCUT2D eigenvalue weighted by Gasteiger charge is -2.26. The normalized spacial score (nSPS) is 13.3. The maximum Gasteiger partial charge on any atom is 0.139 e. The van der Waals surface area contributed by atoms with Crippen molar-refractivity contribution in [1.29, 1.82) is 0 Å². The first kappa shape index (κ1) is 17.5. The Kier molecular flexibility index (Phi) is 7.06.